The maximum absolute atomic E-state index is 12.5. The summed E-state index contributed by atoms with van der Waals surface area (Å²) in [4.78, 5) is 24.6. The molecule has 1 aromatic heterocycles. The average Bonchev–Trinajstić information content (AvgIpc) is 2.99. The first kappa shape index (κ1) is 15.9. The van der Waals surface area contributed by atoms with E-state index in [9.17, 15) is 9.59 Å². The van der Waals surface area contributed by atoms with Crippen molar-refractivity contribution in [3.8, 4) is 0 Å². The lowest BCUT2D eigenvalue weighted by molar-refractivity contribution is -0.134. The van der Waals surface area contributed by atoms with Crippen molar-refractivity contribution >= 4 is 23.3 Å². The lowest BCUT2D eigenvalue weighted by Gasteiger charge is -2.12. The van der Waals surface area contributed by atoms with Gasteiger partial charge in [0.2, 0.25) is 5.91 Å². The van der Waals surface area contributed by atoms with Crippen molar-refractivity contribution in [2.45, 2.75) is 20.4 Å². The van der Waals surface area contributed by atoms with E-state index < -0.39 is 5.92 Å². The molecule has 3 rings (SSSR count). The number of nitrogens with one attached hydrogen (secondary N) is 1. The Morgan fingerprint density at radius 3 is 2.58 bits per heavy atom. The zero-order valence-electron chi connectivity index (χ0n) is 13.9. The van der Waals surface area contributed by atoms with E-state index in [0.29, 0.717) is 18.1 Å². The Morgan fingerprint density at radius 2 is 1.96 bits per heavy atom. The first-order valence-electron chi connectivity index (χ1n) is 7.67. The van der Waals surface area contributed by atoms with Crippen LogP contribution < -0.4 is 5.32 Å². The Bertz CT molecular complexity index is 810. The molecule has 0 saturated heterocycles. The van der Waals surface area contributed by atoms with Gasteiger partial charge in [-0.3, -0.25) is 9.59 Å². The third kappa shape index (κ3) is 3.05. The fourth-order valence-corrected chi connectivity index (χ4v) is 2.73. The summed E-state index contributed by atoms with van der Waals surface area (Å²) in [5.41, 5.74) is 2.36. The molecule has 2 aromatic rings. The van der Waals surface area contributed by atoms with Crippen molar-refractivity contribution in [2.75, 3.05) is 12.4 Å². The number of hydrogen-bond donors (Lipinski definition) is 1. The van der Waals surface area contributed by atoms with Gasteiger partial charge in [-0.25, -0.2) is 9.69 Å². The zero-order valence-corrected chi connectivity index (χ0v) is 13.9. The number of hydrogen-bond acceptors (Lipinski definition) is 4. The molecule has 24 heavy (non-hydrogen) atoms. The average molecular weight is 325 g/mol. The van der Waals surface area contributed by atoms with E-state index in [4.69, 9.17) is 0 Å². The summed E-state index contributed by atoms with van der Waals surface area (Å²) in [5.74, 6) is -1.03. The number of amides is 2. The maximum atomic E-state index is 12.5. The van der Waals surface area contributed by atoms with Crippen LogP contribution in [0.1, 0.15) is 18.2 Å². The van der Waals surface area contributed by atoms with E-state index in [1.807, 2.05) is 37.3 Å². The van der Waals surface area contributed by atoms with E-state index in [-0.39, 0.29) is 11.8 Å². The number of benzene rings is 1. The highest BCUT2D eigenvalue weighted by molar-refractivity contribution is 6.24. The van der Waals surface area contributed by atoms with Crippen LogP contribution in [0.25, 0.3) is 0 Å². The quantitative estimate of drug-likeness (QED) is 0.868. The predicted molar refractivity (Wildman–Crippen MR) is 90.5 cm³/mol. The maximum Gasteiger partial charge on any atom is 0.260 e. The highest BCUT2D eigenvalue weighted by Crippen LogP contribution is 2.18. The molecule has 1 aromatic carbocycles. The van der Waals surface area contributed by atoms with Gasteiger partial charge in [-0.1, -0.05) is 30.3 Å². The molecule has 1 N–H and O–H groups in total. The van der Waals surface area contributed by atoms with Gasteiger partial charge in [0.05, 0.1) is 18.0 Å². The van der Waals surface area contributed by atoms with Crippen molar-refractivity contribution in [2.24, 2.45) is 11.0 Å². The number of carbonyl (C=O) groups excluding carboxylic acids is 2. The first-order chi connectivity index (χ1) is 11.5. The summed E-state index contributed by atoms with van der Waals surface area (Å²) in [6, 6.07) is 11.6. The molecule has 0 bridgehead atoms. The second-order valence-electron chi connectivity index (χ2n) is 5.84. The number of aromatic nitrogens is 2. The van der Waals surface area contributed by atoms with Crippen molar-refractivity contribution < 1.29 is 9.59 Å². The Labute approximate surface area is 140 Å². The minimum Gasteiger partial charge on any atom is -0.310 e. The summed E-state index contributed by atoms with van der Waals surface area (Å²) >= 11 is 0. The highest BCUT2D eigenvalue weighted by atomic mass is 16.2. The Balaban J connectivity index is 1.79. The molecule has 2 heterocycles. The third-order valence-electron chi connectivity index (χ3n) is 3.88. The molecule has 1 aliphatic heterocycles. The number of anilines is 1. The minimum absolute atomic E-state index is 0.323. The molecular formula is C17H19N5O2. The SMILES string of the molecule is CC1=NN(C)C(=O)[C@@H]1C(=O)Nc1cc(C)nn1Cc1ccccc1. The lowest BCUT2D eigenvalue weighted by Crippen LogP contribution is -2.35. The van der Waals surface area contributed by atoms with E-state index >= 15 is 0 Å². The summed E-state index contributed by atoms with van der Waals surface area (Å²) in [5, 5.41) is 12.5. The van der Waals surface area contributed by atoms with Gasteiger partial charge in [-0.05, 0) is 19.4 Å². The van der Waals surface area contributed by atoms with Crippen LogP contribution in [0.2, 0.25) is 0 Å². The number of rotatable bonds is 4. The summed E-state index contributed by atoms with van der Waals surface area (Å²) in [6.07, 6.45) is 0. The van der Waals surface area contributed by atoms with E-state index in [0.717, 1.165) is 11.3 Å². The third-order valence-corrected chi connectivity index (χ3v) is 3.88. The van der Waals surface area contributed by atoms with Gasteiger partial charge in [-0.2, -0.15) is 10.2 Å². The van der Waals surface area contributed by atoms with Crippen LogP contribution in [-0.4, -0.2) is 39.4 Å². The molecule has 0 saturated carbocycles. The lowest BCUT2D eigenvalue weighted by atomic mass is 10.0. The summed E-state index contributed by atoms with van der Waals surface area (Å²) in [6.45, 7) is 4.08. The molecule has 0 unspecified atom stereocenters. The fourth-order valence-electron chi connectivity index (χ4n) is 2.73. The normalized spacial score (nSPS) is 17.1. The number of nitrogens with zero attached hydrogens (tertiary/aromatic N) is 4. The number of aryl methyl sites for hydroxylation is 1. The topological polar surface area (TPSA) is 79.6 Å². The monoisotopic (exact) mass is 325 g/mol. The molecule has 7 heteroatoms. The minimum atomic E-state index is -0.879. The number of carbonyl (C=O) groups is 2. The molecule has 0 spiro atoms. The van der Waals surface area contributed by atoms with Gasteiger partial charge in [0.1, 0.15) is 5.82 Å². The molecule has 1 atom stereocenters. The van der Waals surface area contributed by atoms with Crippen molar-refractivity contribution in [1.82, 2.24) is 14.8 Å². The smallest absolute Gasteiger partial charge is 0.260 e. The summed E-state index contributed by atoms with van der Waals surface area (Å²) < 4.78 is 1.72. The van der Waals surface area contributed by atoms with Crippen molar-refractivity contribution in [3.05, 3.63) is 47.7 Å². The van der Waals surface area contributed by atoms with E-state index in [1.54, 1.807) is 24.7 Å². The van der Waals surface area contributed by atoms with Crippen LogP contribution in [-0.2, 0) is 16.1 Å². The predicted octanol–water partition coefficient (Wildman–Crippen LogP) is 1.64. The Hall–Kier alpha value is -2.96. The zero-order chi connectivity index (χ0) is 17.3. The van der Waals surface area contributed by atoms with Crippen molar-refractivity contribution in [1.29, 1.82) is 0 Å². The molecule has 0 fully saturated rings. The summed E-state index contributed by atoms with van der Waals surface area (Å²) in [7, 11) is 1.54. The first-order valence-corrected chi connectivity index (χ1v) is 7.67. The van der Waals surface area contributed by atoms with Gasteiger partial charge >= 0.3 is 0 Å². The van der Waals surface area contributed by atoms with Crippen molar-refractivity contribution in [3.63, 3.8) is 0 Å². The van der Waals surface area contributed by atoms with E-state index in [2.05, 4.69) is 15.5 Å². The molecule has 0 radical (unpaired) electrons. The second kappa shape index (κ2) is 6.27. The standard InChI is InChI=1S/C17H19N5O2/c1-11-9-14(22(19-11)10-13-7-5-4-6-8-13)18-16(23)15-12(2)20-21(3)17(15)24/h4-9,15H,10H2,1-3H3,(H,18,23)/t15-/m0/s1. The van der Waals surface area contributed by atoms with Crippen LogP contribution in [0.4, 0.5) is 5.82 Å². The largest absolute Gasteiger partial charge is 0.310 e. The van der Waals surface area contributed by atoms with Crippen LogP contribution >= 0.6 is 0 Å². The molecule has 7 nitrogen and oxygen atoms in total. The van der Waals surface area contributed by atoms with Crippen LogP contribution in [0.3, 0.4) is 0 Å². The van der Waals surface area contributed by atoms with E-state index in [1.165, 1.54) is 5.01 Å². The second-order valence-corrected chi connectivity index (χ2v) is 5.84. The van der Waals surface area contributed by atoms with Gasteiger partial charge in [0, 0.05) is 13.1 Å². The van der Waals surface area contributed by atoms with Crippen LogP contribution in [0, 0.1) is 12.8 Å². The molecule has 124 valence electrons. The highest BCUT2D eigenvalue weighted by Gasteiger charge is 2.37. The Morgan fingerprint density at radius 1 is 1.25 bits per heavy atom. The molecule has 1 aliphatic rings. The van der Waals surface area contributed by atoms with Gasteiger partial charge in [0.25, 0.3) is 5.91 Å². The Kier molecular flexibility index (Phi) is 4.16. The molecular weight excluding hydrogens is 306 g/mol. The van der Waals surface area contributed by atoms with Gasteiger partial charge in [-0.15, -0.1) is 0 Å². The molecule has 0 aliphatic carbocycles. The van der Waals surface area contributed by atoms with Gasteiger partial charge < -0.3 is 5.32 Å². The number of hydrazone groups is 1. The van der Waals surface area contributed by atoms with Crippen LogP contribution in [0.5, 0.6) is 0 Å². The fraction of sp³-hybridized carbons (Fsp3) is 0.294. The van der Waals surface area contributed by atoms with Gasteiger partial charge in [0.15, 0.2) is 5.92 Å². The van der Waals surface area contributed by atoms with Crippen LogP contribution in [0.15, 0.2) is 41.5 Å². The molecule has 2 amide bonds.